The van der Waals surface area contributed by atoms with Gasteiger partial charge in [-0.15, -0.1) is 11.8 Å². The van der Waals surface area contributed by atoms with Crippen molar-refractivity contribution < 1.29 is 14.3 Å². The third-order valence-corrected chi connectivity index (χ3v) is 5.24. The first-order valence-corrected chi connectivity index (χ1v) is 9.67. The van der Waals surface area contributed by atoms with Crippen LogP contribution in [0.4, 0.5) is 5.69 Å². The fraction of sp³-hybridized carbons (Fsp3) is 0.471. The van der Waals surface area contributed by atoms with E-state index in [0.717, 1.165) is 0 Å². The third kappa shape index (κ3) is 3.66. The molecule has 0 saturated carbocycles. The Balaban J connectivity index is 2.31. The summed E-state index contributed by atoms with van der Waals surface area (Å²) in [5.41, 5.74) is -0.0796. The zero-order valence-electron chi connectivity index (χ0n) is 15.1. The summed E-state index contributed by atoms with van der Waals surface area (Å²) in [5.74, 6) is -0.536. The Bertz CT molecular complexity index is 789. The minimum atomic E-state index is -0.892. The lowest BCUT2D eigenvalue weighted by Crippen LogP contribution is -2.45. The molecule has 7 nitrogen and oxygen atoms in total. The Morgan fingerprint density at radius 1 is 1.50 bits per heavy atom. The molecule has 1 aromatic rings. The SMILES string of the molecule is CCOC(=O)CCN1C(=S)N(c2cnc(C#N)c(SC)c2)C(=O)C1(C)C. The van der Waals surface area contributed by atoms with Crippen molar-refractivity contribution in [2.45, 2.75) is 37.6 Å². The molecule has 0 unspecified atom stereocenters. The van der Waals surface area contributed by atoms with E-state index in [1.165, 1.54) is 22.9 Å². The van der Waals surface area contributed by atoms with E-state index < -0.39 is 5.54 Å². The number of aromatic nitrogens is 1. The van der Waals surface area contributed by atoms with Gasteiger partial charge in [0.1, 0.15) is 11.6 Å². The molecule has 9 heteroatoms. The van der Waals surface area contributed by atoms with Crippen molar-refractivity contribution in [2.24, 2.45) is 0 Å². The Labute approximate surface area is 162 Å². The topological polar surface area (TPSA) is 86.5 Å². The van der Waals surface area contributed by atoms with E-state index >= 15 is 0 Å². The Morgan fingerprint density at radius 3 is 2.77 bits per heavy atom. The maximum atomic E-state index is 13.0. The van der Waals surface area contributed by atoms with Crippen molar-refractivity contribution in [2.75, 3.05) is 24.3 Å². The lowest BCUT2D eigenvalue weighted by molar-refractivity contribution is -0.143. The van der Waals surface area contributed by atoms with E-state index in [1.54, 1.807) is 31.7 Å². The number of nitrogens with zero attached hydrogens (tertiary/aromatic N) is 4. The van der Waals surface area contributed by atoms with E-state index in [2.05, 4.69) is 4.98 Å². The number of hydrogen-bond acceptors (Lipinski definition) is 7. The summed E-state index contributed by atoms with van der Waals surface area (Å²) in [6.45, 7) is 5.87. The van der Waals surface area contributed by atoms with Crippen LogP contribution in [0.3, 0.4) is 0 Å². The molecule has 0 aliphatic carbocycles. The van der Waals surface area contributed by atoms with Crippen molar-refractivity contribution in [1.29, 1.82) is 5.26 Å². The Hall–Kier alpha value is -2.18. The van der Waals surface area contributed by atoms with E-state index in [0.29, 0.717) is 28.0 Å². The molecule has 0 atom stereocenters. The van der Waals surface area contributed by atoms with Crippen molar-refractivity contribution in [1.82, 2.24) is 9.88 Å². The molecule has 2 rings (SSSR count). The van der Waals surface area contributed by atoms with Gasteiger partial charge in [-0.25, -0.2) is 4.98 Å². The van der Waals surface area contributed by atoms with E-state index in [4.69, 9.17) is 22.2 Å². The number of thiocarbonyl (C=S) groups is 1. The predicted molar refractivity (Wildman–Crippen MR) is 103 cm³/mol. The second kappa shape index (κ2) is 8.01. The second-order valence-corrected chi connectivity index (χ2v) is 7.26. The summed E-state index contributed by atoms with van der Waals surface area (Å²) in [5, 5.41) is 9.42. The molecule has 0 aromatic carbocycles. The summed E-state index contributed by atoms with van der Waals surface area (Å²) in [4.78, 5) is 32.6. The van der Waals surface area contributed by atoms with Crippen molar-refractivity contribution in [3.63, 3.8) is 0 Å². The van der Waals surface area contributed by atoms with E-state index in [-0.39, 0.29) is 24.8 Å². The summed E-state index contributed by atoms with van der Waals surface area (Å²) < 4.78 is 4.95. The van der Waals surface area contributed by atoms with Crippen LogP contribution in [0, 0.1) is 11.3 Å². The first kappa shape index (κ1) is 20.1. The molecule has 138 valence electrons. The van der Waals surface area contributed by atoms with Gasteiger partial charge in [0.15, 0.2) is 10.8 Å². The number of amides is 1. The van der Waals surface area contributed by atoms with Crippen LogP contribution in [0.25, 0.3) is 0 Å². The fourth-order valence-electron chi connectivity index (χ4n) is 2.67. The van der Waals surface area contributed by atoms with Gasteiger partial charge in [-0.2, -0.15) is 5.26 Å². The van der Waals surface area contributed by atoms with Gasteiger partial charge in [0.05, 0.1) is 24.9 Å². The fourth-order valence-corrected chi connectivity index (χ4v) is 3.71. The highest BCUT2D eigenvalue weighted by Gasteiger charge is 2.49. The van der Waals surface area contributed by atoms with Gasteiger partial charge in [0, 0.05) is 11.4 Å². The highest BCUT2D eigenvalue weighted by molar-refractivity contribution is 7.98. The average Bonchev–Trinajstić information content (AvgIpc) is 2.78. The number of anilines is 1. The Kier molecular flexibility index (Phi) is 6.21. The molecule has 26 heavy (non-hydrogen) atoms. The second-order valence-electron chi connectivity index (χ2n) is 6.05. The molecule has 1 aliphatic heterocycles. The summed E-state index contributed by atoms with van der Waals surface area (Å²) in [6.07, 6.45) is 3.44. The predicted octanol–water partition coefficient (Wildman–Crippen LogP) is 2.34. The molecule has 0 spiro atoms. The van der Waals surface area contributed by atoms with Gasteiger partial charge in [-0.3, -0.25) is 14.5 Å². The minimum Gasteiger partial charge on any atom is -0.466 e. The molecule has 1 amide bonds. The van der Waals surface area contributed by atoms with Gasteiger partial charge >= 0.3 is 5.97 Å². The van der Waals surface area contributed by atoms with Gasteiger partial charge in [0.25, 0.3) is 5.91 Å². The van der Waals surface area contributed by atoms with Crippen LogP contribution in [-0.4, -0.2) is 51.8 Å². The number of esters is 1. The van der Waals surface area contributed by atoms with Crippen molar-refractivity contribution in [3.05, 3.63) is 18.0 Å². The monoisotopic (exact) mass is 392 g/mol. The lowest BCUT2D eigenvalue weighted by Gasteiger charge is -2.28. The number of hydrogen-bond donors (Lipinski definition) is 0. The normalized spacial score (nSPS) is 16.0. The van der Waals surface area contributed by atoms with Crippen LogP contribution in [0.5, 0.6) is 0 Å². The number of ether oxygens (including phenoxy) is 1. The van der Waals surface area contributed by atoms with Crippen LogP contribution >= 0.6 is 24.0 Å². The van der Waals surface area contributed by atoms with Gasteiger partial charge in [-0.1, -0.05) is 0 Å². The highest BCUT2D eigenvalue weighted by Crippen LogP contribution is 2.34. The standard InChI is InChI=1S/C17H20N4O3S2/c1-5-24-14(22)6-7-20-16(25)21(15(23)17(20,2)3)11-8-13(26-4)12(9-18)19-10-11/h8,10H,5-7H2,1-4H3. The third-order valence-electron chi connectivity index (χ3n) is 4.09. The molecule has 1 fully saturated rings. The highest BCUT2D eigenvalue weighted by atomic mass is 32.2. The quantitative estimate of drug-likeness (QED) is 0.414. The number of carbonyl (C=O) groups excluding carboxylic acids is 2. The Morgan fingerprint density at radius 2 is 2.19 bits per heavy atom. The molecular weight excluding hydrogens is 372 g/mol. The van der Waals surface area contributed by atoms with Crippen LogP contribution in [0.15, 0.2) is 17.2 Å². The van der Waals surface area contributed by atoms with Crippen LogP contribution in [0.2, 0.25) is 0 Å². The maximum Gasteiger partial charge on any atom is 0.307 e. The van der Waals surface area contributed by atoms with Crippen LogP contribution in [-0.2, 0) is 14.3 Å². The van der Waals surface area contributed by atoms with Crippen LogP contribution < -0.4 is 4.90 Å². The minimum absolute atomic E-state index is 0.139. The number of rotatable bonds is 6. The number of nitriles is 1. The van der Waals surface area contributed by atoms with Gasteiger partial charge < -0.3 is 9.64 Å². The maximum absolute atomic E-state index is 13.0. The zero-order chi connectivity index (χ0) is 19.5. The first-order chi connectivity index (χ1) is 12.3. The number of carbonyl (C=O) groups is 2. The van der Waals surface area contributed by atoms with Gasteiger partial charge in [-0.05, 0) is 45.3 Å². The van der Waals surface area contributed by atoms with Crippen molar-refractivity contribution >= 4 is 46.7 Å². The number of thioether (sulfide) groups is 1. The van der Waals surface area contributed by atoms with E-state index in [9.17, 15) is 9.59 Å². The molecule has 1 saturated heterocycles. The van der Waals surface area contributed by atoms with E-state index in [1.807, 2.05) is 12.3 Å². The average molecular weight is 393 g/mol. The lowest BCUT2D eigenvalue weighted by atomic mass is 10.0. The molecule has 1 aromatic heterocycles. The molecule has 1 aliphatic rings. The van der Waals surface area contributed by atoms with Crippen LogP contribution in [0.1, 0.15) is 32.9 Å². The van der Waals surface area contributed by atoms with Crippen molar-refractivity contribution in [3.8, 4) is 6.07 Å². The smallest absolute Gasteiger partial charge is 0.307 e. The molecule has 0 N–H and O–H groups in total. The van der Waals surface area contributed by atoms with Gasteiger partial charge in [0.2, 0.25) is 0 Å². The summed E-state index contributed by atoms with van der Waals surface area (Å²) in [7, 11) is 0. The molecule has 2 heterocycles. The first-order valence-electron chi connectivity index (χ1n) is 8.03. The number of pyridine rings is 1. The summed E-state index contributed by atoms with van der Waals surface area (Å²) in [6, 6.07) is 3.75. The molecule has 0 bridgehead atoms. The largest absolute Gasteiger partial charge is 0.466 e. The summed E-state index contributed by atoms with van der Waals surface area (Å²) >= 11 is 6.88. The molecular formula is C17H20N4O3S2. The zero-order valence-corrected chi connectivity index (χ0v) is 16.7. The molecule has 0 radical (unpaired) electrons.